The van der Waals surface area contributed by atoms with Crippen LogP contribution in [0.1, 0.15) is 38.5 Å². The van der Waals surface area contributed by atoms with Crippen LogP contribution >= 0.6 is 0 Å². The molecule has 0 aliphatic carbocycles. The minimum absolute atomic E-state index is 0.103. The molecule has 26 heavy (non-hydrogen) atoms. The zero-order valence-corrected chi connectivity index (χ0v) is 14.2. The third kappa shape index (κ3) is 6.31. The van der Waals surface area contributed by atoms with Gasteiger partial charge in [0, 0.05) is 19.4 Å². The van der Waals surface area contributed by atoms with Gasteiger partial charge in [-0.1, -0.05) is 0 Å². The molecule has 1 aliphatic rings. The van der Waals surface area contributed by atoms with Crippen molar-refractivity contribution in [2.75, 3.05) is 6.54 Å². The summed E-state index contributed by atoms with van der Waals surface area (Å²) in [5.74, 6) is -4.32. The average Bonchev–Trinajstić information content (AvgIpc) is 3.05. The van der Waals surface area contributed by atoms with Crippen LogP contribution in [0, 0.1) is 0 Å². The predicted octanol–water partition coefficient (Wildman–Crippen LogP) is -2.00. The van der Waals surface area contributed by atoms with Gasteiger partial charge in [0.1, 0.15) is 12.1 Å². The summed E-state index contributed by atoms with van der Waals surface area (Å²) in [6, 6.07) is -3.30. The number of nitrogens with zero attached hydrogens (tertiary/aromatic N) is 1. The first-order valence-corrected chi connectivity index (χ1v) is 8.22. The summed E-state index contributed by atoms with van der Waals surface area (Å²) in [5.41, 5.74) is 10.7. The van der Waals surface area contributed by atoms with Gasteiger partial charge >= 0.3 is 11.9 Å². The molecule has 0 aromatic rings. The average molecular weight is 372 g/mol. The van der Waals surface area contributed by atoms with Crippen LogP contribution in [0.25, 0.3) is 0 Å². The number of carboxylic acid groups (broad SMARTS) is 2. The zero-order chi connectivity index (χ0) is 19.9. The van der Waals surface area contributed by atoms with Crippen molar-refractivity contribution in [1.82, 2.24) is 10.2 Å². The van der Waals surface area contributed by atoms with Crippen molar-refractivity contribution in [2.45, 2.75) is 56.7 Å². The van der Waals surface area contributed by atoms with Crippen molar-refractivity contribution >= 4 is 29.7 Å². The molecule has 0 spiro atoms. The maximum absolute atomic E-state index is 12.7. The van der Waals surface area contributed by atoms with Crippen LogP contribution in [0.4, 0.5) is 0 Å². The predicted molar refractivity (Wildman–Crippen MR) is 87.6 cm³/mol. The quantitative estimate of drug-likeness (QED) is 0.290. The molecule has 1 heterocycles. The smallest absolute Gasteiger partial charge is 0.326 e. The highest BCUT2D eigenvalue weighted by Crippen LogP contribution is 2.19. The SMILES string of the molecule is NC(=O)CC[C@H](NC(=O)[C@@H](N)CCC(=O)O)C(=O)N1CCC[C@@H]1C(=O)O. The van der Waals surface area contributed by atoms with E-state index in [4.69, 9.17) is 16.6 Å². The lowest BCUT2D eigenvalue weighted by molar-refractivity contribution is -0.149. The third-order valence-electron chi connectivity index (χ3n) is 4.12. The molecular weight excluding hydrogens is 348 g/mol. The van der Waals surface area contributed by atoms with Crippen molar-refractivity contribution in [1.29, 1.82) is 0 Å². The van der Waals surface area contributed by atoms with Crippen molar-refractivity contribution in [3.63, 3.8) is 0 Å². The highest BCUT2D eigenvalue weighted by atomic mass is 16.4. The van der Waals surface area contributed by atoms with Crippen LogP contribution in [0.3, 0.4) is 0 Å². The van der Waals surface area contributed by atoms with Gasteiger partial charge < -0.3 is 31.9 Å². The highest BCUT2D eigenvalue weighted by Gasteiger charge is 2.37. The van der Waals surface area contributed by atoms with Crippen LogP contribution in [0.15, 0.2) is 0 Å². The van der Waals surface area contributed by atoms with Crippen molar-refractivity contribution in [3.8, 4) is 0 Å². The van der Waals surface area contributed by atoms with Crippen molar-refractivity contribution < 1.29 is 34.2 Å². The summed E-state index contributed by atoms with van der Waals surface area (Å²) < 4.78 is 0. The van der Waals surface area contributed by atoms with E-state index in [0.29, 0.717) is 12.8 Å². The number of rotatable bonds is 10. The summed E-state index contributed by atoms with van der Waals surface area (Å²) in [6.07, 6.45) is 0.0785. The lowest BCUT2D eigenvalue weighted by Crippen LogP contribution is -2.54. The van der Waals surface area contributed by atoms with E-state index in [-0.39, 0.29) is 32.2 Å². The van der Waals surface area contributed by atoms with Crippen LogP contribution in [0.2, 0.25) is 0 Å². The molecule has 146 valence electrons. The molecule has 1 fully saturated rings. The van der Waals surface area contributed by atoms with Gasteiger partial charge in [0.2, 0.25) is 17.7 Å². The Hall–Kier alpha value is -2.69. The molecule has 3 atom stereocenters. The fourth-order valence-corrected chi connectivity index (χ4v) is 2.72. The van der Waals surface area contributed by atoms with E-state index >= 15 is 0 Å². The molecule has 0 bridgehead atoms. The zero-order valence-electron chi connectivity index (χ0n) is 14.2. The molecule has 11 nitrogen and oxygen atoms in total. The van der Waals surface area contributed by atoms with E-state index in [1.54, 1.807) is 0 Å². The molecule has 0 saturated carbocycles. The van der Waals surface area contributed by atoms with Crippen molar-refractivity contribution in [2.24, 2.45) is 11.5 Å². The highest BCUT2D eigenvalue weighted by molar-refractivity contribution is 5.92. The number of carbonyl (C=O) groups is 5. The van der Waals surface area contributed by atoms with Crippen LogP contribution < -0.4 is 16.8 Å². The standard InChI is InChI=1S/C15H24N4O7/c16-8(3-6-12(21)22)13(23)18-9(4-5-11(17)20)14(24)19-7-1-2-10(19)15(25)26/h8-10H,1-7,16H2,(H2,17,20)(H,18,23)(H,21,22)(H,25,26)/t8-,9-,10+/m0/s1. The Morgan fingerprint density at radius 2 is 1.77 bits per heavy atom. The number of aliphatic carboxylic acids is 2. The number of primary amides is 1. The monoisotopic (exact) mass is 372 g/mol. The number of nitrogens with one attached hydrogen (secondary N) is 1. The number of carboxylic acids is 2. The molecule has 1 rings (SSSR count). The molecule has 1 aliphatic heterocycles. The summed E-state index contributed by atoms with van der Waals surface area (Å²) >= 11 is 0. The molecule has 7 N–H and O–H groups in total. The Labute approximate surface area is 149 Å². The minimum atomic E-state index is -1.16. The van der Waals surface area contributed by atoms with Gasteiger partial charge in [-0.2, -0.15) is 0 Å². The van der Waals surface area contributed by atoms with Gasteiger partial charge in [-0.05, 0) is 25.7 Å². The molecule has 0 radical (unpaired) electrons. The first kappa shape index (κ1) is 21.4. The Bertz CT molecular complexity index is 580. The Morgan fingerprint density at radius 1 is 1.12 bits per heavy atom. The Kier molecular flexibility index (Phi) is 7.97. The van der Waals surface area contributed by atoms with E-state index < -0.39 is 47.8 Å². The summed E-state index contributed by atoms with van der Waals surface area (Å²) in [6.45, 7) is 0.226. The van der Waals surface area contributed by atoms with Crippen molar-refractivity contribution in [3.05, 3.63) is 0 Å². The second kappa shape index (κ2) is 9.70. The molecule has 1 saturated heterocycles. The van der Waals surface area contributed by atoms with Gasteiger partial charge in [0.25, 0.3) is 0 Å². The molecule has 0 aromatic carbocycles. The van der Waals surface area contributed by atoms with E-state index in [9.17, 15) is 29.1 Å². The third-order valence-corrected chi connectivity index (χ3v) is 4.12. The summed E-state index contributed by atoms with van der Waals surface area (Å²) in [4.78, 5) is 58.7. The molecule has 3 amide bonds. The van der Waals surface area contributed by atoms with E-state index in [0.717, 1.165) is 4.90 Å². The normalized spacial score (nSPS) is 18.8. The van der Waals surface area contributed by atoms with E-state index in [1.807, 2.05) is 0 Å². The maximum Gasteiger partial charge on any atom is 0.326 e. The largest absolute Gasteiger partial charge is 0.481 e. The summed E-state index contributed by atoms with van der Waals surface area (Å²) in [7, 11) is 0. The number of amides is 3. The lowest BCUT2D eigenvalue weighted by atomic mass is 10.1. The first-order chi connectivity index (χ1) is 12.1. The molecule has 11 heteroatoms. The summed E-state index contributed by atoms with van der Waals surface area (Å²) in [5, 5.41) is 20.2. The van der Waals surface area contributed by atoms with E-state index in [2.05, 4.69) is 5.32 Å². The molecule has 0 aromatic heterocycles. The second-order valence-corrected chi connectivity index (χ2v) is 6.13. The van der Waals surface area contributed by atoms with E-state index in [1.165, 1.54) is 0 Å². The van der Waals surface area contributed by atoms with Gasteiger partial charge in [0.05, 0.1) is 6.04 Å². The van der Waals surface area contributed by atoms with Crippen LogP contribution in [-0.2, 0) is 24.0 Å². The lowest BCUT2D eigenvalue weighted by Gasteiger charge is -2.28. The maximum atomic E-state index is 12.7. The second-order valence-electron chi connectivity index (χ2n) is 6.13. The Balaban J connectivity index is 2.81. The molecule has 0 unspecified atom stereocenters. The fourth-order valence-electron chi connectivity index (χ4n) is 2.72. The van der Waals surface area contributed by atoms with Gasteiger partial charge in [-0.15, -0.1) is 0 Å². The number of hydrogen-bond acceptors (Lipinski definition) is 6. The van der Waals surface area contributed by atoms with Gasteiger partial charge in [-0.25, -0.2) is 4.79 Å². The van der Waals surface area contributed by atoms with Crippen LogP contribution in [-0.4, -0.2) is 69.4 Å². The fraction of sp³-hybridized carbons (Fsp3) is 0.667. The number of nitrogens with two attached hydrogens (primary N) is 2. The minimum Gasteiger partial charge on any atom is -0.481 e. The van der Waals surface area contributed by atoms with Crippen LogP contribution in [0.5, 0.6) is 0 Å². The topological polar surface area (TPSA) is 193 Å². The van der Waals surface area contributed by atoms with Gasteiger partial charge in [0.15, 0.2) is 0 Å². The first-order valence-electron chi connectivity index (χ1n) is 8.22. The number of likely N-dealkylation sites (tertiary alicyclic amines) is 1. The number of hydrogen-bond donors (Lipinski definition) is 5. The molecular formula is C15H24N4O7. The number of carbonyl (C=O) groups excluding carboxylic acids is 3. The van der Waals surface area contributed by atoms with Gasteiger partial charge in [-0.3, -0.25) is 19.2 Å². The Morgan fingerprint density at radius 3 is 2.31 bits per heavy atom.